The van der Waals surface area contributed by atoms with Crippen LogP contribution in [0.5, 0.6) is 0 Å². The highest BCUT2D eigenvalue weighted by Crippen LogP contribution is 2.34. The average molecular weight is 336 g/mol. The summed E-state index contributed by atoms with van der Waals surface area (Å²) in [5, 5.41) is 8.46. The first-order valence-corrected chi connectivity index (χ1v) is 8.95. The minimum absolute atomic E-state index is 0.157. The Morgan fingerprint density at radius 2 is 2.04 bits per heavy atom. The van der Waals surface area contributed by atoms with Gasteiger partial charge in [-0.15, -0.1) is 5.10 Å². The van der Waals surface area contributed by atoms with Gasteiger partial charge in [-0.1, -0.05) is 19.1 Å². The van der Waals surface area contributed by atoms with Crippen molar-refractivity contribution in [2.24, 2.45) is 5.92 Å². The molecule has 0 aliphatic carbocycles. The van der Waals surface area contributed by atoms with Crippen LogP contribution in [0.25, 0.3) is 0 Å². The van der Waals surface area contributed by atoms with Gasteiger partial charge in [0.2, 0.25) is 5.91 Å². The highest BCUT2D eigenvalue weighted by atomic mass is 16.5. The van der Waals surface area contributed by atoms with Crippen LogP contribution in [0.15, 0.2) is 0 Å². The summed E-state index contributed by atoms with van der Waals surface area (Å²) in [5.74, 6) is 0.458. The molecule has 2 aliphatic heterocycles. The monoisotopic (exact) mass is 336 g/mol. The molecule has 0 N–H and O–H groups in total. The Hall–Kier alpha value is -1.47. The van der Waals surface area contributed by atoms with E-state index in [4.69, 9.17) is 9.47 Å². The number of amides is 1. The van der Waals surface area contributed by atoms with Crippen molar-refractivity contribution in [2.75, 3.05) is 20.2 Å². The third-order valence-electron chi connectivity index (χ3n) is 5.47. The van der Waals surface area contributed by atoms with Gasteiger partial charge in [0.15, 0.2) is 0 Å². The Bertz CT molecular complexity index is 574. The van der Waals surface area contributed by atoms with Crippen LogP contribution in [0, 0.1) is 5.92 Å². The molecule has 0 saturated carbocycles. The standard InChI is InChI=1S/C17H28N4O3/c1-4-13(5-2)16(22)20-8-6-17(7-9-20)12-21-15(11-24-17)14(10-23-3)18-19-21/h13H,4-12H2,1-3H3. The predicted molar refractivity (Wildman–Crippen MR) is 88.1 cm³/mol. The molecule has 1 spiro atoms. The Balaban J connectivity index is 1.63. The summed E-state index contributed by atoms with van der Waals surface area (Å²) in [6.07, 6.45) is 3.55. The van der Waals surface area contributed by atoms with Crippen LogP contribution in [0.3, 0.4) is 0 Å². The summed E-state index contributed by atoms with van der Waals surface area (Å²) < 4.78 is 13.3. The maximum atomic E-state index is 12.5. The fraction of sp³-hybridized carbons (Fsp3) is 0.824. The lowest BCUT2D eigenvalue weighted by atomic mass is 9.89. The Morgan fingerprint density at radius 1 is 1.33 bits per heavy atom. The lowest BCUT2D eigenvalue weighted by Gasteiger charge is -2.44. The molecule has 134 valence electrons. The van der Waals surface area contributed by atoms with Gasteiger partial charge >= 0.3 is 0 Å². The van der Waals surface area contributed by atoms with Crippen LogP contribution in [0.4, 0.5) is 0 Å². The van der Waals surface area contributed by atoms with E-state index in [1.165, 1.54) is 0 Å². The summed E-state index contributed by atoms with van der Waals surface area (Å²) in [4.78, 5) is 14.6. The van der Waals surface area contributed by atoms with Crippen molar-refractivity contribution in [1.82, 2.24) is 19.9 Å². The van der Waals surface area contributed by atoms with Crippen molar-refractivity contribution in [2.45, 2.75) is 64.9 Å². The molecule has 7 heteroatoms. The van der Waals surface area contributed by atoms with Gasteiger partial charge in [-0.05, 0) is 25.7 Å². The maximum absolute atomic E-state index is 12.5. The minimum Gasteiger partial charge on any atom is -0.378 e. The van der Waals surface area contributed by atoms with Gasteiger partial charge in [0.1, 0.15) is 5.69 Å². The van der Waals surface area contributed by atoms with Crippen LogP contribution in [0.1, 0.15) is 50.9 Å². The fourth-order valence-corrected chi connectivity index (χ4v) is 3.78. The molecular formula is C17H28N4O3. The summed E-state index contributed by atoms with van der Waals surface area (Å²) in [5.41, 5.74) is 1.65. The molecule has 0 atom stereocenters. The molecule has 2 aliphatic rings. The van der Waals surface area contributed by atoms with Gasteiger partial charge in [0.05, 0.1) is 31.1 Å². The molecule has 24 heavy (non-hydrogen) atoms. The quantitative estimate of drug-likeness (QED) is 0.819. The van der Waals surface area contributed by atoms with Crippen LogP contribution in [0.2, 0.25) is 0 Å². The van der Waals surface area contributed by atoms with Gasteiger partial charge in [-0.3, -0.25) is 4.79 Å². The average Bonchev–Trinajstić information content (AvgIpc) is 2.99. The summed E-state index contributed by atoms with van der Waals surface area (Å²) in [6.45, 7) is 7.41. The van der Waals surface area contributed by atoms with Gasteiger partial charge in [0.25, 0.3) is 0 Å². The van der Waals surface area contributed by atoms with E-state index in [1.54, 1.807) is 7.11 Å². The first-order valence-electron chi connectivity index (χ1n) is 8.95. The Labute approximate surface area is 143 Å². The SMILES string of the molecule is CCC(CC)C(=O)N1CCC2(CC1)Cn1nnc(COC)c1CO2. The first-order chi connectivity index (χ1) is 11.6. The number of rotatable bonds is 5. The second kappa shape index (κ2) is 7.19. The summed E-state index contributed by atoms with van der Waals surface area (Å²) >= 11 is 0. The molecule has 3 heterocycles. The van der Waals surface area contributed by atoms with Crippen LogP contribution < -0.4 is 0 Å². The molecule has 0 radical (unpaired) electrons. The number of hydrogen-bond donors (Lipinski definition) is 0. The molecule has 3 rings (SSSR count). The van der Waals surface area contributed by atoms with E-state index in [1.807, 2.05) is 9.58 Å². The van der Waals surface area contributed by atoms with E-state index < -0.39 is 0 Å². The smallest absolute Gasteiger partial charge is 0.225 e. The zero-order valence-corrected chi connectivity index (χ0v) is 15.0. The maximum Gasteiger partial charge on any atom is 0.225 e. The molecule has 1 aromatic heterocycles. The molecule has 7 nitrogen and oxygen atoms in total. The van der Waals surface area contributed by atoms with E-state index in [0.29, 0.717) is 25.7 Å². The van der Waals surface area contributed by atoms with Crippen LogP contribution in [-0.2, 0) is 34.0 Å². The predicted octanol–water partition coefficient (Wildman–Crippen LogP) is 1.75. The third-order valence-corrected chi connectivity index (χ3v) is 5.47. The number of carbonyl (C=O) groups is 1. The second-order valence-electron chi connectivity index (χ2n) is 6.88. The number of likely N-dealkylation sites (tertiary alicyclic amines) is 1. The highest BCUT2D eigenvalue weighted by molar-refractivity contribution is 5.78. The number of fused-ring (bicyclic) bond motifs is 1. The van der Waals surface area contributed by atoms with E-state index in [2.05, 4.69) is 24.2 Å². The molecule has 1 amide bonds. The van der Waals surface area contributed by atoms with Crippen LogP contribution in [-0.4, -0.2) is 51.6 Å². The van der Waals surface area contributed by atoms with Crippen molar-refractivity contribution < 1.29 is 14.3 Å². The number of carbonyl (C=O) groups excluding carboxylic acids is 1. The van der Waals surface area contributed by atoms with Crippen LogP contribution >= 0.6 is 0 Å². The molecule has 1 fully saturated rings. The molecule has 1 saturated heterocycles. The van der Waals surface area contributed by atoms with Crippen molar-refractivity contribution >= 4 is 5.91 Å². The molecular weight excluding hydrogens is 308 g/mol. The van der Waals surface area contributed by atoms with E-state index in [-0.39, 0.29) is 11.5 Å². The van der Waals surface area contributed by atoms with Crippen molar-refractivity contribution in [3.8, 4) is 0 Å². The van der Waals surface area contributed by atoms with Gasteiger partial charge in [-0.25, -0.2) is 4.68 Å². The number of hydrogen-bond acceptors (Lipinski definition) is 5. The number of nitrogens with zero attached hydrogens (tertiary/aromatic N) is 4. The molecule has 0 unspecified atom stereocenters. The first kappa shape index (κ1) is 17.4. The van der Waals surface area contributed by atoms with E-state index >= 15 is 0 Å². The zero-order chi connectivity index (χ0) is 17.2. The number of ether oxygens (including phenoxy) is 2. The largest absolute Gasteiger partial charge is 0.378 e. The molecule has 0 bridgehead atoms. The Morgan fingerprint density at radius 3 is 2.67 bits per heavy atom. The Kier molecular flexibility index (Phi) is 5.20. The van der Waals surface area contributed by atoms with E-state index in [9.17, 15) is 4.79 Å². The topological polar surface area (TPSA) is 69.5 Å². The highest BCUT2D eigenvalue weighted by Gasteiger charge is 2.41. The van der Waals surface area contributed by atoms with Crippen molar-refractivity contribution in [3.63, 3.8) is 0 Å². The lowest BCUT2D eigenvalue weighted by Crippen LogP contribution is -2.53. The lowest BCUT2D eigenvalue weighted by molar-refractivity contribution is -0.149. The van der Waals surface area contributed by atoms with Gasteiger partial charge < -0.3 is 14.4 Å². The second-order valence-corrected chi connectivity index (χ2v) is 6.88. The van der Waals surface area contributed by atoms with Crippen molar-refractivity contribution in [3.05, 3.63) is 11.4 Å². The van der Waals surface area contributed by atoms with E-state index in [0.717, 1.165) is 50.2 Å². The summed E-state index contributed by atoms with van der Waals surface area (Å²) in [6, 6.07) is 0. The number of aromatic nitrogens is 3. The zero-order valence-electron chi connectivity index (χ0n) is 15.0. The van der Waals surface area contributed by atoms with Gasteiger partial charge in [-0.2, -0.15) is 0 Å². The van der Waals surface area contributed by atoms with Crippen molar-refractivity contribution in [1.29, 1.82) is 0 Å². The fourth-order valence-electron chi connectivity index (χ4n) is 3.78. The number of piperidine rings is 1. The van der Waals surface area contributed by atoms with Gasteiger partial charge in [0, 0.05) is 26.1 Å². The minimum atomic E-state index is -0.213. The molecule has 0 aromatic carbocycles. The third kappa shape index (κ3) is 3.19. The summed E-state index contributed by atoms with van der Waals surface area (Å²) in [7, 11) is 1.66. The normalized spacial score (nSPS) is 19.8. The number of methoxy groups -OCH3 is 1. The molecule has 1 aromatic rings.